The first-order chi connectivity index (χ1) is 13.9. The number of halogens is 2. The highest BCUT2D eigenvalue weighted by Gasteiger charge is 2.16. The molecule has 148 valence electrons. The van der Waals surface area contributed by atoms with Gasteiger partial charge in [-0.25, -0.2) is 13.6 Å². The Hall–Kier alpha value is -3.74. The monoisotopic (exact) mass is 397 g/mol. The van der Waals surface area contributed by atoms with Gasteiger partial charge in [0, 0.05) is 5.69 Å². The van der Waals surface area contributed by atoms with Crippen LogP contribution in [0.5, 0.6) is 11.5 Å². The SMILES string of the molecule is Cc1cc(F)ccc1Oc1cc(CF)ccc1C(=O)Nc1ccc(C(=O)O)cc1. The first-order valence-corrected chi connectivity index (χ1v) is 8.65. The van der Waals surface area contributed by atoms with Gasteiger partial charge in [0.2, 0.25) is 0 Å². The number of carbonyl (C=O) groups excluding carboxylic acids is 1. The highest BCUT2D eigenvalue weighted by atomic mass is 19.1. The number of rotatable bonds is 6. The topological polar surface area (TPSA) is 75.6 Å². The molecule has 3 rings (SSSR count). The molecule has 0 saturated carbocycles. The maximum absolute atomic E-state index is 13.3. The van der Waals surface area contributed by atoms with Crippen LogP contribution < -0.4 is 10.1 Å². The van der Waals surface area contributed by atoms with E-state index in [9.17, 15) is 18.4 Å². The number of amides is 1. The molecule has 1 amide bonds. The van der Waals surface area contributed by atoms with E-state index in [-0.39, 0.29) is 16.9 Å². The predicted molar refractivity (Wildman–Crippen MR) is 104 cm³/mol. The minimum Gasteiger partial charge on any atom is -0.478 e. The summed E-state index contributed by atoms with van der Waals surface area (Å²) in [4.78, 5) is 23.6. The maximum Gasteiger partial charge on any atom is 0.335 e. The van der Waals surface area contributed by atoms with Crippen LogP contribution in [0, 0.1) is 12.7 Å². The molecule has 0 aromatic heterocycles. The maximum atomic E-state index is 13.3. The number of nitrogens with one attached hydrogen (secondary N) is 1. The number of carbonyl (C=O) groups is 2. The van der Waals surface area contributed by atoms with Gasteiger partial charge in [-0.3, -0.25) is 4.79 Å². The standard InChI is InChI=1S/C22H17F2NO4/c1-13-10-16(24)5-9-19(13)29-20-11-14(12-23)2-8-18(20)21(26)25-17-6-3-15(4-7-17)22(27)28/h2-11H,12H2,1H3,(H,25,26)(H,27,28). The van der Waals surface area contributed by atoms with E-state index >= 15 is 0 Å². The number of anilines is 1. The number of hydrogen-bond acceptors (Lipinski definition) is 3. The van der Waals surface area contributed by atoms with Gasteiger partial charge in [0.05, 0.1) is 11.1 Å². The fraction of sp³-hybridized carbons (Fsp3) is 0.0909. The quantitative estimate of drug-likeness (QED) is 0.588. The molecule has 3 aromatic carbocycles. The van der Waals surface area contributed by atoms with Crippen molar-refractivity contribution in [2.45, 2.75) is 13.6 Å². The van der Waals surface area contributed by atoms with Crippen LogP contribution in [0.1, 0.15) is 31.8 Å². The zero-order valence-corrected chi connectivity index (χ0v) is 15.4. The summed E-state index contributed by atoms with van der Waals surface area (Å²) in [6.07, 6.45) is 0. The lowest BCUT2D eigenvalue weighted by molar-refractivity contribution is 0.0696. The Morgan fingerprint density at radius 3 is 2.34 bits per heavy atom. The van der Waals surface area contributed by atoms with Crippen molar-refractivity contribution in [1.29, 1.82) is 0 Å². The molecule has 29 heavy (non-hydrogen) atoms. The summed E-state index contributed by atoms with van der Waals surface area (Å²) < 4.78 is 32.2. The normalized spacial score (nSPS) is 10.4. The second-order valence-electron chi connectivity index (χ2n) is 6.31. The summed E-state index contributed by atoms with van der Waals surface area (Å²) in [6, 6.07) is 13.9. The Kier molecular flexibility index (Phi) is 5.87. The average Bonchev–Trinajstić information content (AvgIpc) is 2.70. The molecule has 0 radical (unpaired) electrons. The second-order valence-corrected chi connectivity index (χ2v) is 6.31. The Bertz CT molecular complexity index is 1060. The minimum absolute atomic E-state index is 0.0890. The molecule has 5 nitrogen and oxygen atoms in total. The fourth-order valence-corrected chi connectivity index (χ4v) is 2.66. The lowest BCUT2D eigenvalue weighted by Gasteiger charge is -2.14. The Labute approximate surface area is 165 Å². The first-order valence-electron chi connectivity index (χ1n) is 8.65. The van der Waals surface area contributed by atoms with Crippen molar-refractivity contribution >= 4 is 17.6 Å². The van der Waals surface area contributed by atoms with Crippen LogP contribution in [0.3, 0.4) is 0 Å². The number of aryl methyl sites for hydroxylation is 1. The molecule has 0 bridgehead atoms. The molecule has 0 unspecified atom stereocenters. The third-order valence-corrected chi connectivity index (χ3v) is 4.19. The van der Waals surface area contributed by atoms with Crippen molar-refractivity contribution < 1.29 is 28.2 Å². The highest BCUT2D eigenvalue weighted by Crippen LogP contribution is 2.30. The van der Waals surface area contributed by atoms with Gasteiger partial charge in [-0.1, -0.05) is 6.07 Å². The summed E-state index contributed by atoms with van der Waals surface area (Å²) >= 11 is 0. The van der Waals surface area contributed by atoms with Gasteiger partial charge >= 0.3 is 5.97 Å². The van der Waals surface area contributed by atoms with Gasteiger partial charge in [0.25, 0.3) is 5.91 Å². The number of hydrogen-bond donors (Lipinski definition) is 2. The van der Waals surface area contributed by atoms with Gasteiger partial charge < -0.3 is 15.2 Å². The van der Waals surface area contributed by atoms with Crippen molar-refractivity contribution in [3.63, 3.8) is 0 Å². The smallest absolute Gasteiger partial charge is 0.335 e. The molecule has 0 spiro atoms. The minimum atomic E-state index is -1.07. The van der Waals surface area contributed by atoms with Crippen LogP contribution in [0.25, 0.3) is 0 Å². The Morgan fingerprint density at radius 2 is 1.72 bits per heavy atom. The van der Waals surface area contributed by atoms with Gasteiger partial charge in [-0.15, -0.1) is 0 Å². The van der Waals surface area contributed by atoms with Crippen molar-refractivity contribution in [1.82, 2.24) is 0 Å². The van der Waals surface area contributed by atoms with E-state index in [1.54, 1.807) is 6.92 Å². The number of aromatic carboxylic acids is 1. The largest absolute Gasteiger partial charge is 0.478 e. The Morgan fingerprint density at radius 1 is 1.00 bits per heavy atom. The summed E-state index contributed by atoms with van der Waals surface area (Å²) in [6.45, 7) is 0.915. The van der Waals surface area contributed by atoms with Crippen molar-refractivity contribution in [3.8, 4) is 11.5 Å². The Balaban J connectivity index is 1.89. The van der Waals surface area contributed by atoms with Crippen LogP contribution in [0.4, 0.5) is 14.5 Å². The lowest BCUT2D eigenvalue weighted by atomic mass is 10.1. The molecule has 0 fully saturated rings. The number of alkyl halides is 1. The average molecular weight is 397 g/mol. The van der Waals surface area contributed by atoms with E-state index in [1.165, 1.54) is 60.7 Å². The summed E-state index contributed by atoms with van der Waals surface area (Å²) in [5, 5.41) is 11.6. The molecular weight excluding hydrogens is 380 g/mol. The molecule has 2 N–H and O–H groups in total. The number of ether oxygens (including phenoxy) is 1. The van der Waals surface area contributed by atoms with E-state index in [4.69, 9.17) is 9.84 Å². The molecule has 0 saturated heterocycles. The zero-order chi connectivity index (χ0) is 21.0. The van der Waals surface area contributed by atoms with Crippen LogP contribution >= 0.6 is 0 Å². The van der Waals surface area contributed by atoms with Gasteiger partial charge in [0.1, 0.15) is 24.0 Å². The number of benzene rings is 3. The van der Waals surface area contributed by atoms with Crippen molar-refractivity contribution in [2.24, 2.45) is 0 Å². The zero-order valence-electron chi connectivity index (χ0n) is 15.4. The number of carboxylic acid groups (broad SMARTS) is 1. The van der Waals surface area contributed by atoms with E-state index in [0.29, 0.717) is 22.6 Å². The van der Waals surface area contributed by atoms with Gasteiger partial charge in [-0.2, -0.15) is 0 Å². The van der Waals surface area contributed by atoms with E-state index in [0.717, 1.165) is 0 Å². The first kappa shape index (κ1) is 20.0. The van der Waals surface area contributed by atoms with Gasteiger partial charge in [0.15, 0.2) is 0 Å². The summed E-state index contributed by atoms with van der Waals surface area (Å²) in [5.41, 5.74) is 1.46. The van der Waals surface area contributed by atoms with Crippen LogP contribution in [0.15, 0.2) is 60.7 Å². The van der Waals surface area contributed by atoms with Crippen molar-refractivity contribution in [2.75, 3.05) is 5.32 Å². The lowest BCUT2D eigenvalue weighted by Crippen LogP contribution is -2.13. The molecule has 0 aliphatic carbocycles. The molecule has 0 heterocycles. The van der Waals surface area contributed by atoms with Gasteiger partial charge in [-0.05, 0) is 72.6 Å². The molecule has 7 heteroatoms. The van der Waals surface area contributed by atoms with Crippen LogP contribution in [-0.4, -0.2) is 17.0 Å². The molecule has 0 aliphatic heterocycles. The fourth-order valence-electron chi connectivity index (χ4n) is 2.66. The van der Waals surface area contributed by atoms with E-state index < -0.39 is 24.4 Å². The summed E-state index contributed by atoms with van der Waals surface area (Å²) in [5.74, 6) is -1.56. The van der Waals surface area contributed by atoms with Crippen LogP contribution in [0.2, 0.25) is 0 Å². The molecular formula is C22H17F2NO4. The number of carboxylic acids is 1. The molecule has 3 aromatic rings. The second kappa shape index (κ2) is 8.52. The molecule has 0 atom stereocenters. The third kappa shape index (κ3) is 4.76. The third-order valence-electron chi connectivity index (χ3n) is 4.19. The summed E-state index contributed by atoms with van der Waals surface area (Å²) in [7, 11) is 0. The van der Waals surface area contributed by atoms with Crippen LogP contribution in [-0.2, 0) is 6.67 Å². The highest BCUT2D eigenvalue weighted by molar-refractivity contribution is 6.06. The van der Waals surface area contributed by atoms with E-state index in [2.05, 4.69) is 5.32 Å². The van der Waals surface area contributed by atoms with Crippen molar-refractivity contribution in [3.05, 3.63) is 88.7 Å². The molecule has 0 aliphatic rings. The predicted octanol–water partition coefficient (Wildman–Crippen LogP) is 5.35. The van der Waals surface area contributed by atoms with E-state index in [1.807, 2.05) is 0 Å².